The van der Waals surface area contributed by atoms with Crippen molar-refractivity contribution in [3.8, 4) is 0 Å². The third-order valence-corrected chi connectivity index (χ3v) is 7.54. The molecule has 2 saturated heterocycles. The molecule has 7 heteroatoms. The van der Waals surface area contributed by atoms with E-state index < -0.39 is 15.7 Å². The zero-order valence-corrected chi connectivity index (χ0v) is 16.2. The van der Waals surface area contributed by atoms with E-state index in [0.29, 0.717) is 37.1 Å². The Labute approximate surface area is 165 Å². The van der Waals surface area contributed by atoms with Gasteiger partial charge >= 0.3 is 0 Å². The van der Waals surface area contributed by atoms with Gasteiger partial charge in [-0.3, -0.25) is 13.8 Å². The maximum Gasteiger partial charge on any atom is 0.253 e. The van der Waals surface area contributed by atoms with E-state index in [4.69, 9.17) is 0 Å². The number of carbonyl (C=O) groups is 2. The lowest BCUT2D eigenvalue weighted by Crippen LogP contribution is -2.55. The van der Waals surface area contributed by atoms with E-state index in [0.717, 1.165) is 0 Å². The number of rotatable bonds is 3. The molecule has 0 N–H and O–H groups in total. The molecule has 4 rings (SSSR count). The average molecular weight is 400 g/mol. The average Bonchev–Trinajstić information content (AvgIpc) is 2.93. The summed E-state index contributed by atoms with van der Waals surface area (Å²) in [7, 11) is -1.34. The van der Waals surface area contributed by atoms with Crippen molar-refractivity contribution in [2.24, 2.45) is 0 Å². The minimum Gasteiger partial charge on any atom is -0.338 e. The van der Waals surface area contributed by atoms with Gasteiger partial charge in [-0.15, -0.1) is 0 Å². The summed E-state index contributed by atoms with van der Waals surface area (Å²) >= 11 is 0. The predicted molar refractivity (Wildman–Crippen MR) is 104 cm³/mol. The van der Waals surface area contributed by atoms with Gasteiger partial charge < -0.3 is 9.80 Å². The van der Waals surface area contributed by atoms with Crippen LogP contribution in [0, 0.1) is 5.82 Å². The molecule has 2 heterocycles. The first-order valence-corrected chi connectivity index (χ1v) is 10.6. The van der Waals surface area contributed by atoms with Gasteiger partial charge in [0, 0.05) is 38.0 Å². The van der Waals surface area contributed by atoms with Crippen LogP contribution in [0.2, 0.25) is 0 Å². The van der Waals surface area contributed by atoms with Gasteiger partial charge in [-0.05, 0) is 29.8 Å². The van der Waals surface area contributed by atoms with Crippen molar-refractivity contribution < 1.29 is 18.2 Å². The monoisotopic (exact) mass is 400 g/mol. The summed E-state index contributed by atoms with van der Waals surface area (Å²) in [6.07, 6.45) is 0.915. The van der Waals surface area contributed by atoms with Gasteiger partial charge in [0.15, 0.2) is 0 Å². The molecular formula is C21H21FN2O3S. The summed E-state index contributed by atoms with van der Waals surface area (Å²) < 4.78 is 26.4. The van der Waals surface area contributed by atoms with Crippen LogP contribution < -0.4 is 0 Å². The molecule has 5 nitrogen and oxygen atoms in total. The first kappa shape index (κ1) is 18.8. The number of hydrogen-bond acceptors (Lipinski definition) is 3. The molecule has 2 aromatic carbocycles. The molecule has 2 amide bonds. The van der Waals surface area contributed by atoms with Crippen LogP contribution in [0.4, 0.5) is 4.39 Å². The summed E-state index contributed by atoms with van der Waals surface area (Å²) in [5, 5.41) is 0. The molecule has 146 valence electrons. The van der Waals surface area contributed by atoms with E-state index in [-0.39, 0.29) is 29.9 Å². The molecule has 0 aliphatic carbocycles. The zero-order chi connectivity index (χ0) is 19.7. The van der Waals surface area contributed by atoms with Crippen molar-refractivity contribution >= 4 is 22.6 Å². The highest BCUT2D eigenvalue weighted by molar-refractivity contribution is 7.87. The normalized spacial score (nSPS) is 21.3. The van der Waals surface area contributed by atoms with Gasteiger partial charge in [0.1, 0.15) is 16.4 Å². The number of piperidine rings is 1. The second-order valence-electron chi connectivity index (χ2n) is 7.20. The summed E-state index contributed by atoms with van der Waals surface area (Å²) in [6.45, 7) is 1.10. The van der Waals surface area contributed by atoms with Crippen LogP contribution in [0.3, 0.4) is 0 Å². The van der Waals surface area contributed by atoms with Crippen molar-refractivity contribution in [3.63, 3.8) is 0 Å². The first-order chi connectivity index (χ1) is 13.5. The van der Waals surface area contributed by atoms with E-state index in [9.17, 15) is 18.2 Å². The number of carbonyl (C=O) groups excluding carboxylic acids is 2. The molecule has 0 radical (unpaired) electrons. The molecule has 1 spiro atoms. The number of hydrogen-bond donors (Lipinski definition) is 0. The summed E-state index contributed by atoms with van der Waals surface area (Å²) in [4.78, 5) is 27.8. The second-order valence-corrected chi connectivity index (χ2v) is 8.94. The Hall–Kier alpha value is -2.54. The second kappa shape index (κ2) is 7.47. The highest BCUT2D eigenvalue weighted by Crippen LogP contribution is 2.38. The molecule has 0 aromatic heterocycles. The fourth-order valence-electron chi connectivity index (χ4n) is 4.04. The lowest BCUT2D eigenvalue weighted by molar-refractivity contribution is -0.131. The Morgan fingerprint density at radius 1 is 1.07 bits per heavy atom. The van der Waals surface area contributed by atoms with Gasteiger partial charge in [-0.2, -0.15) is 0 Å². The van der Waals surface area contributed by atoms with Crippen molar-refractivity contribution in [1.29, 1.82) is 0 Å². The van der Waals surface area contributed by atoms with Crippen molar-refractivity contribution in [1.82, 2.24) is 9.80 Å². The molecule has 0 bridgehead atoms. The highest BCUT2D eigenvalue weighted by atomic mass is 32.2. The summed E-state index contributed by atoms with van der Waals surface area (Å²) in [6, 6.07) is 15.2. The highest BCUT2D eigenvalue weighted by Gasteiger charge is 2.53. The topological polar surface area (TPSA) is 57.7 Å². The van der Waals surface area contributed by atoms with Gasteiger partial charge in [0.05, 0.1) is 10.8 Å². The fraction of sp³-hybridized carbons (Fsp3) is 0.333. The number of benzene rings is 2. The van der Waals surface area contributed by atoms with Crippen molar-refractivity contribution in [3.05, 3.63) is 71.5 Å². The molecule has 28 heavy (non-hydrogen) atoms. The molecule has 0 saturated carbocycles. The van der Waals surface area contributed by atoms with E-state index in [1.807, 2.05) is 18.2 Å². The molecule has 2 fully saturated rings. The lowest BCUT2D eigenvalue weighted by atomic mass is 10.00. The Balaban J connectivity index is 1.52. The Morgan fingerprint density at radius 3 is 2.46 bits per heavy atom. The number of halogens is 1. The van der Waals surface area contributed by atoms with E-state index in [1.165, 1.54) is 12.1 Å². The third kappa shape index (κ3) is 3.35. The van der Waals surface area contributed by atoms with Crippen LogP contribution in [0.1, 0.15) is 28.8 Å². The SMILES string of the molecule is O=C(c1ccccc1)N1CCC2(CC1)N(Cc1cccc(F)c1)C(=O)CS2=O. The maximum atomic E-state index is 13.5. The van der Waals surface area contributed by atoms with Crippen LogP contribution in [-0.2, 0) is 22.1 Å². The zero-order valence-electron chi connectivity index (χ0n) is 15.3. The van der Waals surface area contributed by atoms with Gasteiger partial charge in [0.2, 0.25) is 5.91 Å². The quantitative estimate of drug-likeness (QED) is 0.796. The molecule has 1 atom stereocenters. The predicted octanol–water partition coefficient (Wildman–Crippen LogP) is 2.55. The molecular weight excluding hydrogens is 379 g/mol. The Morgan fingerprint density at radius 2 is 1.79 bits per heavy atom. The third-order valence-electron chi connectivity index (χ3n) is 5.55. The summed E-state index contributed by atoms with van der Waals surface area (Å²) in [5.41, 5.74) is 1.30. The molecule has 2 aliphatic rings. The minimum atomic E-state index is -1.34. The van der Waals surface area contributed by atoms with Crippen molar-refractivity contribution in [2.45, 2.75) is 24.3 Å². The maximum absolute atomic E-state index is 13.5. The minimum absolute atomic E-state index is 0.0120. The number of likely N-dealkylation sites (tertiary alicyclic amines) is 1. The van der Waals surface area contributed by atoms with Gasteiger partial charge in [-0.1, -0.05) is 30.3 Å². The van der Waals surface area contributed by atoms with E-state index in [1.54, 1.807) is 34.1 Å². The standard InChI is InChI=1S/C21H21FN2O3S/c22-18-8-4-5-16(13-18)14-24-19(25)15-28(27)21(24)9-11-23(12-10-21)20(26)17-6-2-1-3-7-17/h1-8,13H,9-12,14-15H2. The van der Waals surface area contributed by atoms with Crippen LogP contribution in [-0.4, -0.2) is 49.5 Å². The Bertz CT molecular complexity index is 926. The van der Waals surface area contributed by atoms with E-state index in [2.05, 4.69) is 0 Å². The van der Waals surface area contributed by atoms with E-state index >= 15 is 0 Å². The first-order valence-electron chi connectivity index (χ1n) is 9.27. The smallest absolute Gasteiger partial charge is 0.253 e. The van der Waals surface area contributed by atoms with Gasteiger partial charge in [0.25, 0.3) is 5.91 Å². The number of nitrogens with zero attached hydrogens (tertiary/aromatic N) is 2. The van der Waals surface area contributed by atoms with Gasteiger partial charge in [-0.25, -0.2) is 4.39 Å². The van der Waals surface area contributed by atoms with Crippen LogP contribution in [0.5, 0.6) is 0 Å². The van der Waals surface area contributed by atoms with Crippen LogP contribution in [0.15, 0.2) is 54.6 Å². The molecule has 2 aliphatic heterocycles. The van der Waals surface area contributed by atoms with Crippen LogP contribution >= 0.6 is 0 Å². The summed E-state index contributed by atoms with van der Waals surface area (Å²) in [5.74, 6) is -0.600. The number of amides is 2. The van der Waals surface area contributed by atoms with Crippen LogP contribution in [0.25, 0.3) is 0 Å². The van der Waals surface area contributed by atoms with Crippen molar-refractivity contribution in [2.75, 3.05) is 18.8 Å². The molecule has 1 unspecified atom stereocenters. The largest absolute Gasteiger partial charge is 0.338 e. The molecule has 2 aromatic rings. The fourth-order valence-corrected chi connectivity index (χ4v) is 5.74. The lowest BCUT2D eigenvalue weighted by Gasteiger charge is -2.43. The Kier molecular flexibility index (Phi) is 5.02.